The zero-order valence-electron chi connectivity index (χ0n) is 16.5. The molecule has 7 nitrogen and oxygen atoms in total. The van der Waals surface area contributed by atoms with E-state index in [1.165, 1.54) is 0 Å². The minimum absolute atomic E-state index is 0.259. The minimum Gasteiger partial charge on any atom is -0.360 e. The monoisotopic (exact) mass is 399 g/mol. The number of anilines is 2. The van der Waals surface area contributed by atoms with Crippen LogP contribution in [0, 0.1) is 6.92 Å². The van der Waals surface area contributed by atoms with E-state index in [0.29, 0.717) is 29.8 Å². The Kier molecular flexibility index (Phi) is 5.80. The van der Waals surface area contributed by atoms with Crippen molar-refractivity contribution >= 4 is 17.5 Å². The largest absolute Gasteiger partial charge is 0.360 e. The van der Waals surface area contributed by atoms with Gasteiger partial charge in [0.25, 0.3) is 5.91 Å². The third-order valence-electron chi connectivity index (χ3n) is 4.42. The van der Waals surface area contributed by atoms with Gasteiger partial charge in [-0.3, -0.25) is 4.79 Å². The summed E-state index contributed by atoms with van der Waals surface area (Å²) in [5.74, 6) is 1.85. The van der Waals surface area contributed by atoms with Crippen molar-refractivity contribution in [1.29, 1.82) is 0 Å². The van der Waals surface area contributed by atoms with Gasteiger partial charge >= 0.3 is 0 Å². The molecule has 4 rings (SSSR count). The number of rotatable bonds is 7. The van der Waals surface area contributed by atoms with Gasteiger partial charge in [-0.1, -0.05) is 65.8 Å². The predicted octanol–water partition coefficient (Wildman–Crippen LogP) is 4.16. The van der Waals surface area contributed by atoms with Crippen molar-refractivity contribution in [1.82, 2.24) is 20.4 Å². The summed E-state index contributed by atoms with van der Waals surface area (Å²) in [6, 6.07) is 22.9. The summed E-state index contributed by atoms with van der Waals surface area (Å²) >= 11 is 0. The molecule has 2 heterocycles. The van der Waals surface area contributed by atoms with Crippen molar-refractivity contribution in [3.8, 4) is 11.4 Å². The maximum absolute atomic E-state index is 12.8. The molecule has 0 spiro atoms. The quantitative estimate of drug-likeness (QED) is 0.485. The maximum atomic E-state index is 12.8. The highest BCUT2D eigenvalue weighted by Crippen LogP contribution is 2.20. The number of hydrogen-bond acceptors (Lipinski definition) is 6. The van der Waals surface area contributed by atoms with Crippen LogP contribution < -0.4 is 10.6 Å². The molecule has 2 N–H and O–H groups in total. The Morgan fingerprint density at radius 3 is 2.37 bits per heavy atom. The minimum atomic E-state index is -0.259. The molecule has 0 unspecified atom stereocenters. The molecule has 2 aromatic carbocycles. The number of nitrogens with zero attached hydrogens (tertiary/aromatic N) is 3. The number of carbonyl (C=O) groups is 1. The smallest absolute Gasteiger partial charge is 0.270 e. The van der Waals surface area contributed by atoms with Crippen molar-refractivity contribution < 1.29 is 9.32 Å². The molecule has 7 heteroatoms. The summed E-state index contributed by atoms with van der Waals surface area (Å²) in [5, 5.41) is 9.93. The van der Waals surface area contributed by atoms with Crippen LogP contribution in [0.3, 0.4) is 0 Å². The molecule has 4 aromatic rings. The summed E-state index contributed by atoms with van der Waals surface area (Å²) in [6.07, 6.45) is 0.743. The number of benzene rings is 2. The van der Waals surface area contributed by atoms with E-state index in [0.717, 1.165) is 17.5 Å². The first-order chi connectivity index (χ1) is 14.7. The second-order valence-electron chi connectivity index (χ2n) is 6.77. The summed E-state index contributed by atoms with van der Waals surface area (Å²) in [4.78, 5) is 21.8. The number of aromatic nitrogens is 3. The Morgan fingerprint density at radius 2 is 1.67 bits per heavy atom. The van der Waals surface area contributed by atoms with E-state index in [2.05, 4.69) is 25.8 Å². The molecule has 0 saturated heterocycles. The van der Waals surface area contributed by atoms with Crippen LogP contribution in [0.5, 0.6) is 0 Å². The average molecular weight is 399 g/mol. The SMILES string of the molecule is Cc1cc(Nc2cc(C(=O)NCCc3ccccc3)nc(-c3ccccc3)n2)no1. The Hall–Kier alpha value is -4.00. The lowest BCUT2D eigenvalue weighted by Gasteiger charge is -2.09. The molecular weight excluding hydrogens is 378 g/mol. The van der Waals surface area contributed by atoms with Crippen molar-refractivity contribution in [2.45, 2.75) is 13.3 Å². The molecule has 1 amide bonds. The van der Waals surface area contributed by atoms with Gasteiger partial charge in [0, 0.05) is 24.2 Å². The topological polar surface area (TPSA) is 92.9 Å². The standard InChI is InChI=1S/C23H21N5O2/c1-16-14-21(28-30-16)26-20-15-19(25-22(27-20)18-10-6-3-7-11-18)23(29)24-13-12-17-8-4-2-5-9-17/h2-11,14-15H,12-13H2,1H3,(H,24,29)(H,25,26,27,28). The lowest BCUT2D eigenvalue weighted by atomic mass is 10.1. The molecule has 0 bridgehead atoms. The van der Waals surface area contributed by atoms with Crippen molar-refractivity contribution in [2.75, 3.05) is 11.9 Å². The number of nitrogens with one attached hydrogen (secondary N) is 2. The van der Waals surface area contributed by atoms with Gasteiger partial charge in [0.1, 0.15) is 17.3 Å². The lowest BCUT2D eigenvalue weighted by molar-refractivity contribution is 0.0949. The van der Waals surface area contributed by atoms with Crippen molar-refractivity contribution in [2.24, 2.45) is 0 Å². The zero-order chi connectivity index (χ0) is 20.8. The van der Waals surface area contributed by atoms with Crippen LogP contribution in [0.1, 0.15) is 21.8 Å². The van der Waals surface area contributed by atoms with Gasteiger partial charge in [0.2, 0.25) is 0 Å². The Morgan fingerprint density at radius 1 is 0.933 bits per heavy atom. The van der Waals surface area contributed by atoms with Gasteiger partial charge in [0.15, 0.2) is 11.6 Å². The molecule has 2 aromatic heterocycles. The molecule has 0 atom stereocenters. The number of amides is 1. The van der Waals surface area contributed by atoms with E-state index < -0.39 is 0 Å². The molecule has 0 radical (unpaired) electrons. The van der Waals surface area contributed by atoms with Gasteiger partial charge in [-0.25, -0.2) is 9.97 Å². The summed E-state index contributed by atoms with van der Waals surface area (Å²) in [5.41, 5.74) is 2.25. The third kappa shape index (κ3) is 4.88. The second-order valence-corrected chi connectivity index (χ2v) is 6.77. The fraction of sp³-hybridized carbons (Fsp3) is 0.130. The summed E-state index contributed by atoms with van der Waals surface area (Å²) in [6.45, 7) is 2.32. The summed E-state index contributed by atoms with van der Waals surface area (Å²) in [7, 11) is 0. The van der Waals surface area contributed by atoms with Crippen molar-refractivity contribution in [3.05, 3.63) is 89.8 Å². The van der Waals surface area contributed by atoms with Crippen LogP contribution in [0.25, 0.3) is 11.4 Å². The number of aryl methyl sites for hydroxylation is 1. The van der Waals surface area contributed by atoms with Crippen LogP contribution in [-0.2, 0) is 6.42 Å². The molecule has 0 aliphatic carbocycles. The van der Waals surface area contributed by atoms with Gasteiger partial charge < -0.3 is 15.2 Å². The van der Waals surface area contributed by atoms with Gasteiger partial charge in [-0.2, -0.15) is 0 Å². The molecule has 0 aliphatic rings. The van der Waals surface area contributed by atoms with E-state index in [9.17, 15) is 4.79 Å². The van der Waals surface area contributed by atoms with E-state index in [-0.39, 0.29) is 11.6 Å². The Labute approximate surface area is 174 Å². The zero-order valence-corrected chi connectivity index (χ0v) is 16.5. The highest BCUT2D eigenvalue weighted by Gasteiger charge is 2.14. The highest BCUT2D eigenvalue weighted by molar-refractivity contribution is 5.93. The van der Waals surface area contributed by atoms with E-state index in [4.69, 9.17) is 4.52 Å². The molecule has 0 fully saturated rings. The van der Waals surface area contributed by atoms with Crippen LogP contribution in [0.2, 0.25) is 0 Å². The normalized spacial score (nSPS) is 10.6. The van der Waals surface area contributed by atoms with Gasteiger partial charge in [0.05, 0.1) is 0 Å². The fourth-order valence-electron chi connectivity index (χ4n) is 2.96. The van der Waals surface area contributed by atoms with Gasteiger partial charge in [-0.15, -0.1) is 0 Å². The first-order valence-electron chi connectivity index (χ1n) is 9.64. The van der Waals surface area contributed by atoms with Crippen LogP contribution >= 0.6 is 0 Å². The van der Waals surface area contributed by atoms with Crippen LogP contribution in [0.15, 0.2) is 77.3 Å². The van der Waals surface area contributed by atoms with Crippen molar-refractivity contribution in [3.63, 3.8) is 0 Å². The third-order valence-corrected chi connectivity index (χ3v) is 4.42. The molecule has 0 aliphatic heterocycles. The Balaban J connectivity index is 1.55. The maximum Gasteiger partial charge on any atom is 0.270 e. The number of carbonyl (C=O) groups excluding carboxylic acids is 1. The predicted molar refractivity (Wildman–Crippen MR) is 114 cm³/mol. The Bertz CT molecular complexity index is 1130. The summed E-state index contributed by atoms with van der Waals surface area (Å²) < 4.78 is 5.09. The first-order valence-corrected chi connectivity index (χ1v) is 9.64. The van der Waals surface area contributed by atoms with E-state index in [1.54, 1.807) is 19.1 Å². The van der Waals surface area contributed by atoms with Crippen LogP contribution in [-0.4, -0.2) is 27.6 Å². The molecular formula is C23H21N5O2. The molecule has 0 saturated carbocycles. The highest BCUT2D eigenvalue weighted by atomic mass is 16.5. The van der Waals surface area contributed by atoms with E-state index in [1.807, 2.05) is 60.7 Å². The molecule has 150 valence electrons. The van der Waals surface area contributed by atoms with Gasteiger partial charge in [-0.05, 0) is 18.9 Å². The second kappa shape index (κ2) is 9.00. The number of hydrogen-bond donors (Lipinski definition) is 2. The average Bonchev–Trinajstić information content (AvgIpc) is 3.19. The first kappa shape index (κ1) is 19.3. The van der Waals surface area contributed by atoms with E-state index >= 15 is 0 Å². The fourth-order valence-corrected chi connectivity index (χ4v) is 2.96. The van der Waals surface area contributed by atoms with Crippen LogP contribution in [0.4, 0.5) is 11.6 Å². The lowest BCUT2D eigenvalue weighted by Crippen LogP contribution is -2.27. The molecule has 30 heavy (non-hydrogen) atoms.